The number of ether oxygens (including phenoxy) is 1. The molecule has 0 spiro atoms. The van der Waals surface area contributed by atoms with Gasteiger partial charge in [-0.25, -0.2) is 4.98 Å². The summed E-state index contributed by atoms with van der Waals surface area (Å²) in [5.41, 5.74) is 0.0981. The molecule has 146 valence electrons. The van der Waals surface area contributed by atoms with Crippen LogP contribution < -0.4 is 4.74 Å². The van der Waals surface area contributed by atoms with Crippen molar-refractivity contribution in [2.24, 2.45) is 0 Å². The highest BCUT2D eigenvalue weighted by Gasteiger charge is 2.37. The Labute approximate surface area is 174 Å². The molecule has 0 radical (unpaired) electrons. The second-order valence-electron chi connectivity index (χ2n) is 7.68. The largest absolute Gasteiger partial charge is 0.478 e. The van der Waals surface area contributed by atoms with Crippen molar-refractivity contribution in [1.82, 2.24) is 9.88 Å². The molecule has 4 rings (SSSR count). The zero-order valence-electron chi connectivity index (χ0n) is 16.0. The molecule has 0 bridgehead atoms. The van der Waals surface area contributed by atoms with Crippen LogP contribution >= 0.6 is 22.9 Å². The molecule has 2 heterocycles. The number of fused-ring (bicyclic) bond motifs is 1. The van der Waals surface area contributed by atoms with Crippen LogP contribution in [0.5, 0.6) is 5.75 Å². The fraction of sp³-hybridized carbons (Fsp3) is 0.364. The molecule has 3 aromatic rings. The lowest BCUT2D eigenvalue weighted by atomic mass is 9.96. The maximum absolute atomic E-state index is 13.2. The summed E-state index contributed by atoms with van der Waals surface area (Å²) in [6.45, 7) is 5.09. The molecule has 1 saturated heterocycles. The van der Waals surface area contributed by atoms with Crippen molar-refractivity contribution in [3.63, 3.8) is 0 Å². The first-order valence-electron chi connectivity index (χ1n) is 9.52. The highest BCUT2D eigenvalue weighted by atomic mass is 35.5. The number of halogens is 1. The summed E-state index contributed by atoms with van der Waals surface area (Å²) in [5.74, 6) is 0.928. The predicted octanol–water partition coefficient (Wildman–Crippen LogP) is 5.51. The third-order valence-electron chi connectivity index (χ3n) is 5.07. The molecule has 28 heavy (non-hydrogen) atoms. The SMILES string of the molecule is CC(C)(Oc1ccc(Cl)cc1)C(=O)N1CCCC(c2nc3ccccc3s2)C1. The van der Waals surface area contributed by atoms with Gasteiger partial charge >= 0.3 is 0 Å². The molecule has 2 aromatic carbocycles. The van der Waals surface area contributed by atoms with Crippen molar-refractivity contribution in [3.8, 4) is 5.75 Å². The average Bonchev–Trinajstić information content (AvgIpc) is 3.13. The lowest BCUT2D eigenvalue weighted by molar-refractivity contribution is -0.146. The number of para-hydroxylation sites is 1. The van der Waals surface area contributed by atoms with Crippen LogP contribution in [0.25, 0.3) is 10.2 Å². The Bertz CT molecular complexity index is 951. The minimum absolute atomic E-state index is 0.00765. The number of piperidine rings is 1. The summed E-state index contributed by atoms with van der Waals surface area (Å²) in [5, 5.41) is 1.77. The fourth-order valence-electron chi connectivity index (χ4n) is 3.65. The van der Waals surface area contributed by atoms with Gasteiger partial charge in [-0.05, 0) is 63.1 Å². The van der Waals surface area contributed by atoms with E-state index >= 15 is 0 Å². The topological polar surface area (TPSA) is 42.4 Å². The van der Waals surface area contributed by atoms with Crippen molar-refractivity contribution in [2.45, 2.75) is 38.2 Å². The standard InChI is InChI=1S/C22H23ClN2O2S/c1-22(2,27-17-11-9-16(23)10-12-17)21(26)25-13-5-6-15(14-25)20-24-18-7-3-4-8-19(18)28-20/h3-4,7-12,15H,5-6,13-14H2,1-2H3. The minimum atomic E-state index is -0.941. The van der Waals surface area contributed by atoms with E-state index in [2.05, 4.69) is 6.07 Å². The second-order valence-corrected chi connectivity index (χ2v) is 9.18. The Hall–Kier alpha value is -2.11. The number of carbonyl (C=O) groups is 1. The quantitative estimate of drug-likeness (QED) is 0.565. The van der Waals surface area contributed by atoms with Gasteiger partial charge in [-0.1, -0.05) is 23.7 Å². The van der Waals surface area contributed by atoms with E-state index < -0.39 is 5.60 Å². The van der Waals surface area contributed by atoms with Crippen molar-refractivity contribution < 1.29 is 9.53 Å². The molecule has 0 saturated carbocycles. The van der Waals surface area contributed by atoms with Crippen LogP contribution in [0.2, 0.25) is 5.02 Å². The van der Waals surface area contributed by atoms with Gasteiger partial charge in [0.05, 0.1) is 15.2 Å². The number of amides is 1. The number of hydrogen-bond donors (Lipinski definition) is 0. The van der Waals surface area contributed by atoms with Gasteiger partial charge in [0.2, 0.25) is 0 Å². The molecule has 1 aliphatic heterocycles. The normalized spacial score (nSPS) is 17.7. The summed E-state index contributed by atoms with van der Waals surface area (Å²) in [6, 6.07) is 15.3. The lowest BCUT2D eigenvalue weighted by Crippen LogP contribution is -2.51. The number of carbonyl (C=O) groups excluding carboxylic acids is 1. The number of benzene rings is 2. The second kappa shape index (κ2) is 7.72. The lowest BCUT2D eigenvalue weighted by Gasteiger charge is -2.37. The van der Waals surface area contributed by atoms with Crippen LogP contribution in [0.3, 0.4) is 0 Å². The molecular formula is C22H23ClN2O2S. The number of nitrogens with zero attached hydrogens (tertiary/aromatic N) is 2. The van der Waals surface area contributed by atoms with Crippen molar-refractivity contribution in [1.29, 1.82) is 0 Å². The first-order chi connectivity index (χ1) is 13.4. The van der Waals surface area contributed by atoms with Crippen LogP contribution in [-0.4, -0.2) is 34.5 Å². The van der Waals surface area contributed by atoms with Gasteiger partial charge in [0, 0.05) is 24.0 Å². The Kier molecular flexibility index (Phi) is 5.30. The van der Waals surface area contributed by atoms with Crippen molar-refractivity contribution in [2.75, 3.05) is 13.1 Å². The Morgan fingerprint density at radius 3 is 2.71 bits per heavy atom. The van der Waals surface area contributed by atoms with Crippen LogP contribution in [-0.2, 0) is 4.79 Å². The minimum Gasteiger partial charge on any atom is -0.478 e. The summed E-state index contributed by atoms with van der Waals surface area (Å²) < 4.78 is 7.20. The van der Waals surface area contributed by atoms with Gasteiger partial charge in [-0.15, -0.1) is 11.3 Å². The molecular weight excluding hydrogens is 392 g/mol. The summed E-state index contributed by atoms with van der Waals surface area (Å²) in [6.07, 6.45) is 2.03. The van der Waals surface area contributed by atoms with Gasteiger partial charge in [-0.3, -0.25) is 4.79 Å². The molecule has 6 heteroatoms. The molecule has 0 aliphatic carbocycles. The average molecular weight is 415 g/mol. The predicted molar refractivity (Wildman–Crippen MR) is 114 cm³/mol. The van der Waals surface area contributed by atoms with Gasteiger partial charge in [-0.2, -0.15) is 0 Å². The highest BCUT2D eigenvalue weighted by Crippen LogP contribution is 2.34. The first-order valence-corrected chi connectivity index (χ1v) is 10.7. The smallest absolute Gasteiger partial charge is 0.266 e. The number of aromatic nitrogens is 1. The van der Waals surface area contributed by atoms with Crippen LogP contribution in [0.1, 0.15) is 37.6 Å². The van der Waals surface area contributed by atoms with Crippen LogP contribution in [0.15, 0.2) is 48.5 Å². The van der Waals surface area contributed by atoms with E-state index in [1.165, 1.54) is 4.70 Å². The monoisotopic (exact) mass is 414 g/mol. The zero-order chi connectivity index (χ0) is 19.7. The zero-order valence-corrected chi connectivity index (χ0v) is 17.6. The van der Waals surface area contributed by atoms with Gasteiger partial charge in [0.1, 0.15) is 5.75 Å². The van der Waals surface area contributed by atoms with Gasteiger partial charge in [0.15, 0.2) is 5.60 Å². The fourth-order valence-corrected chi connectivity index (χ4v) is 4.87. The molecule has 1 amide bonds. The number of hydrogen-bond acceptors (Lipinski definition) is 4. The van der Waals surface area contributed by atoms with Crippen LogP contribution in [0.4, 0.5) is 0 Å². The molecule has 0 N–H and O–H groups in total. The van der Waals surface area contributed by atoms with E-state index in [-0.39, 0.29) is 11.8 Å². The number of likely N-dealkylation sites (tertiary alicyclic amines) is 1. The molecule has 1 fully saturated rings. The molecule has 1 aromatic heterocycles. The number of rotatable bonds is 4. The van der Waals surface area contributed by atoms with Crippen LogP contribution in [0, 0.1) is 0 Å². The van der Waals surface area contributed by atoms with E-state index in [4.69, 9.17) is 21.3 Å². The van der Waals surface area contributed by atoms with Crippen molar-refractivity contribution >= 4 is 39.1 Å². The van der Waals surface area contributed by atoms with E-state index in [0.29, 0.717) is 17.3 Å². The van der Waals surface area contributed by atoms with E-state index in [1.54, 1.807) is 35.6 Å². The van der Waals surface area contributed by atoms with Gasteiger partial charge < -0.3 is 9.64 Å². The Balaban J connectivity index is 1.48. The highest BCUT2D eigenvalue weighted by molar-refractivity contribution is 7.18. The first kappa shape index (κ1) is 19.2. The van der Waals surface area contributed by atoms with E-state index in [9.17, 15) is 4.79 Å². The maximum Gasteiger partial charge on any atom is 0.266 e. The molecule has 1 aliphatic rings. The summed E-state index contributed by atoms with van der Waals surface area (Å²) >= 11 is 7.67. The van der Waals surface area contributed by atoms with E-state index in [1.807, 2.05) is 36.9 Å². The molecule has 1 atom stereocenters. The van der Waals surface area contributed by atoms with Gasteiger partial charge in [0.25, 0.3) is 5.91 Å². The summed E-state index contributed by atoms with van der Waals surface area (Å²) in [4.78, 5) is 19.9. The van der Waals surface area contributed by atoms with Crippen molar-refractivity contribution in [3.05, 3.63) is 58.6 Å². The summed E-state index contributed by atoms with van der Waals surface area (Å²) in [7, 11) is 0. The Morgan fingerprint density at radius 2 is 1.96 bits per heavy atom. The van der Waals surface area contributed by atoms with E-state index in [0.717, 1.165) is 29.9 Å². The molecule has 1 unspecified atom stereocenters. The Morgan fingerprint density at radius 1 is 1.21 bits per heavy atom. The third-order valence-corrected chi connectivity index (χ3v) is 6.52. The number of thiazole rings is 1. The molecule has 4 nitrogen and oxygen atoms in total. The maximum atomic E-state index is 13.2. The third kappa shape index (κ3) is 4.01.